The molecule has 0 aliphatic heterocycles. The molecular formula is C28H29NO8. The smallest absolute Gasteiger partial charge is 0.262 e. The number of hydrogen-bond donors (Lipinski definition) is 1. The Morgan fingerprint density at radius 1 is 0.730 bits per heavy atom. The van der Waals surface area contributed by atoms with Crippen LogP contribution in [0.4, 0.5) is 5.69 Å². The number of allylic oxidation sites excluding steroid dienone is 1. The van der Waals surface area contributed by atoms with Crippen LogP contribution in [0.15, 0.2) is 60.7 Å². The van der Waals surface area contributed by atoms with Crippen molar-refractivity contribution in [3.05, 3.63) is 71.8 Å². The normalized spacial score (nSPS) is 10.5. The van der Waals surface area contributed by atoms with Gasteiger partial charge in [0.05, 0.1) is 35.5 Å². The summed E-state index contributed by atoms with van der Waals surface area (Å²) in [6, 6.07) is 15.3. The van der Waals surface area contributed by atoms with Gasteiger partial charge in [-0.05, 0) is 60.2 Å². The minimum absolute atomic E-state index is 0.236. The van der Waals surface area contributed by atoms with Gasteiger partial charge in [0.1, 0.15) is 5.75 Å². The van der Waals surface area contributed by atoms with Crippen molar-refractivity contribution in [3.8, 4) is 34.5 Å². The first-order chi connectivity index (χ1) is 17.9. The number of anilines is 1. The minimum atomic E-state index is -0.342. The number of hydrogen-bond acceptors (Lipinski definition) is 8. The highest BCUT2D eigenvalue weighted by Crippen LogP contribution is 2.38. The molecule has 3 aromatic carbocycles. The molecule has 0 unspecified atom stereocenters. The fourth-order valence-corrected chi connectivity index (χ4v) is 3.42. The van der Waals surface area contributed by atoms with Crippen molar-refractivity contribution in [2.45, 2.75) is 0 Å². The first kappa shape index (κ1) is 26.9. The molecule has 3 rings (SSSR count). The Balaban J connectivity index is 1.71. The number of benzene rings is 3. The molecule has 0 bridgehead atoms. The van der Waals surface area contributed by atoms with Crippen molar-refractivity contribution >= 4 is 23.5 Å². The van der Waals surface area contributed by atoms with Crippen LogP contribution in [0.5, 0.6) is 34.5 Å². The molecule has 0 fully saturated rings. The third-order valence-electron chi connectivity index (χ3n) is 5.30. The zero-order valence-corrected chi connectivity index (χ0v) is 21.3. The molecular weight excluding hydrogens is 478 g/mol. The average molecular weight is 508 g/mol. The van der Waals surface area contributed by atoms with Crippen molar-refractivity contribution in [1.82, 2.24) is 0 Å². The van der Waals surface area contributed by atoms with Crippen LogP contribution in [0.25, 0.3) is 6.08 Å². The summed E-state index contributed by atoms with van der Waals surface area (Å²) in [5.41, 5.74) is 1.65. The predicted octanol–water partition coefficient (Wildman–Crippen LogP) is 4.64. The first-order valence-corrected chi connectivity index (χ1v) is 11.2. The molecule has 1 N–H and O–H groups in total. The molecule has 0 radical (unpaired) electrons. The third-order valence-corrected chi connectivity index (χ3v) is 5.30. The number of methoxy groups -OCH3 is 5. The monoisotopic (exact) mass is 507 g/mol. The maximum Gasteiger partial charge on any atom is 0.262 e. The van der Waals surface area contributed by atoms with Crippen molar-refractivity contribution in [2.24, 2.45) is 0 Å². The van der Waals surface area contributed by atoms with Gasteiger partial charge in [0.25, 0.3) is 5.91 Å². The largest absolute Gasteiger partial charge is 0.497 e. The third kappa shape index (κ3) is 6.94. The van der Waals surface area contributed by atoms with Crippen LogP contribution in [-0.4, -0.2) is 53.8 Å². The maximum atomic E-state index is 12.8. The molecule has 37 heavy (non-hydrogen) atoms. The summed E-state index contributed by atoms with van der Waals surface area (Å²) in [6.07, 6.45) is 3.05. The van der Waals surface area contributed by atoms with Crippen LogP contribution in [0.1, 0.15) is 15.9 Å². The Morgan fingerprint density at radius 3 is 1.95 bits per heavy atom. The zero-order chi connectivity index (χ0) is 26.8. The Kier molecular flexibility index (Phi) is 9.37. The number of rotatable bonds is 12. The number of nitrogens with one attached hydrogen (secondary N) is 1. The van der Waals surface area contributed by atoms with E-state index in [1.807, 2.05) is 0 Å². The van der Waals surface area contributed by atoms with Crippen LogP contribution < -0.4 is 33.7 Å². The van der Waals surface area contributed by atoms with Gasteiger partial charge in [0.15, 0.2) is 35.4 Å². The van der Waals surface area contributed by atoms with Gasteiger partial charge in [-0.3, -0.25) is 9.59 Å². The van der Waals surface area contributed by atoms with E-state index in [-0.39, 0.29) is 18.3 Å². The second-order valence-corrected chi connectivity index (χ2v) is 7.59. The van der Waals surface area contributed by atoms with Crippen LogP contribution in [-0.2, 0) is 4.79 Å². The van der Waals surface area contributed by atoms with Crippen molar-refractivity contribution < 1.29 is 38.0 Å². The topological polar surface area (TPSA) is 102 Å². The summed E-state index contributed by atoms with van der Waals surface area (Å²) >= 11 is 0. The molecule has 1 amide bonds. The van der Waals surface area contributed by atoms with E-state index in [9.17, 15) is 9.59 Å². The van der Waals surface area contributed by atoms with Gasteiger partial charge >= 0.3 is 0 Å². The lowest BCUT2D eigenvalue weighted by atomic mass is 10.1. The first-order valence-electron chi connectivity index (χ1n) is 11.2. The SMILES string of the molecule is COc1ccc(NC(=O)COc2cc(/C=C/C(=O)c3cc(OC)c(OC)c(OC)c3)ccc2OC)cc1. The number of carbonyl (C=O) groups excluding carboxylic acids is 2. The Hall–Kier alpha value is -4.66. The fourth-order valence-electron chi connectivity index (χ4n) is 3.42. The van der Waals surface area contributed by atoms with Crippen molar-refractivity contribution in [1.29, 1.82) is 0 Å². The zero-order valence-electron chi connectivity index (χ0n) is 21.3. The summed E-state index contributed by atoms with van der Waals surface area (Å²) in [7, 11) is 7.54. The molecule has 0 aliphatic carbocycles. The Labute approximate surface area is 215 Å². The van der Waals surface area contributed by atoms with Crippen LogP contribution in [0.2, 0.25) is 0 Å². The quantitative estimate of drug-likeness (QED) is 0.279. The highest BCUT2D eigenvalue weighted by atomic mass is 16.5. The van der Waals surface area contributed by atoms with Crippen molar-refractivity contribution in [3.63, 3.8) is 0 Å². The summed E-state index contributed by atoms with van der Waals surface area (Å²) in [4.78, 5) is 25.2. The molecule has 9 nitrogen and oxygen atoms in total. The van der Waals surface area contributed by atoms with Gasteiger partial charge in [0.2, 0.25) is 5.75 Å². The van der Waals surface area contributed by atoms with Crippen LogP contribution >= 0.6 is 0 Å². The molecule has 0 aliphatic rings. The Morgan fingerprint density at radius 2 is 1.38 bits per heavy atom. The molecule has 194 valence electrons. The second-order valence-electron chi connectivity index (χ2n) is 7.59. The number of carbonyl (C=O) groups is 2. The van der Waals surface area contributed by atoms with Gasteiger partial charge in [-0.2, -0.15) is 0 Å². The lowest BCUT2D eigenvalue weighted by Crippen LogP contribution is -2.20. The van der Waals surface area contributed by atoms with E-state index in [1.54, 1.807) is 67.8 Å². The average Bonchev–Trinajstić information content (AvgIpc) is 2.94. The molecule has 0 aromatic heterocycles. The number of amides is 1. The van der Waals surface area contributed by atoms with Gasteiger partial charge in [-0.25, -0.2) is 0 Å². The lowest BCUT2D eigenvalue weighted by molar-refractivity contribution is -0.118. The van der Waals surface area contributed by atoms with Crippen LogP contribution in [0.3, 0.4) is 0 Å². The van der Waals surface area contributed by atoms with Gasteiger partial charge in [-0.15, -0.1) is 0 Å². The van der Waals surface area contributed by atoms with Gasteiger partial charge in [0, 0.05) is 11.3 Å². The van der Waals surface area contributed by atoms with E-state index in [1.165, 1.54) is 34.5 Å². The van der Waals surface area contributed by atoms with Gasteiger partial charge in [-0.1, -0.05) is 12.1 Å². The summed E-state index contributed by atoms with van der Waals surface area (Å²) in [6.45, 7) is -0.236. The van der Waals surface area contributed by atoms with E-state index < -0.39 is 0 Å². The van der Waals surface area contributed by atoms with E-state index in [0.717, 1.165) is 0 Å². The maximum absolute atomic E-state index is 12.8. The van der Waals surface area contributed by atoms with E-state index >= 15 is 0 Å². The number of ether oxygens (including phenoxy) is 6. The molecule has 0 heterocycles. The fraction of sp³-hybridized carbons (Fsp3) is 0.214. The highest BCUT2D eigenvalue weighted by Gasteiger charge is 2.16. The molecule has 0 saturated carbocycles. The molecule has 9 heteroatoms. The molecule has 0 atom stereocenters. The number of ketones is 1. The molecule has 0 saturated heterocycles. The summed E-state index contributed by atoms with van der Waals surface area (Å²) in [5, 5.41) is 2.75. The molecule has 0 spiro atoms. The summed E-state index contributed by atoms with van der Waals surface area (Å²) in [5.74, 6) is 2.05. The van der Waals surface area contributed by atoms with E-state index in [4.69, 9.17) is 28.4 Å². The highest BCUT2D eigenvalue weighted by molar-refractivity contribution is 6.07. The summed E-state index contributed by atoms with van der Waals surface area (Å²) < 4.78 is 32.1. The van der Waals surface area contributed by atoms with Gasteiger partial charge < -0.3 is 33.7 Å². The van der Waals surface area contributed by atoms with Crippen molar-refractivity contribution in [2.75, 3.05) is 47.5 Å². The predicted molar refractivity (Wildman–Crippen MR) is 140 cm³/mol. The van der Waals surface area contributed by atoms with Crippen LogP contribution in [0, 0.1) is 0 Å². The molecule has 3 aromatic rings. The Bertz CT molecular complexity index is 1240. The van der Waals surface area contributed by atoms with E-state index in [2.05, 4.69) is 5.32 Å². The minimum Gasteiger partial charge on any atom is -0.497 e. The lowest BCUT2D eigenvalue weighted by Gasteiger charge is -2.13. The standard InChI is InChI=1S/C28H29NO8/c1-32-21-10-8-20(9-11-21)29-27(31)17-37-24-14-18(7-13-23(24)33-2)6-12-22(30)19-15-25(34-3)28(36-5)26(16-19)35-4/h6-16H,17H2,1-5H3,(H,29,31)/b12-6+. The second kappa shape index (κ2) is 12.9. The van der Waals surface area contributed by atoms with E-state index in [0.29, 0.717) is 51.3 Å².